The lowest BCUT2D eigenvalue weighted by Gasteiger charge is -2.25. The van der Waals surface area contributed by atoms with Crippen LogP contribution in [0.3, 0.4) is 0 Å². The average Bonchev–Trinajstić information content (AvgIpc) is 2.98. The van der Waals surface area contributed by atoms with Crippen LogP contribution in [0, 0.1) is 59.7 Å². The predicted molar refractivity (Wildman–Crippen MR) is 158 cm³/mol. The minimum atomic E-state index is -0.274. The number of carbonyl (C=O) groups excluding carboxylic acids is 2. The summed E-state index contributed by atoms with van der Waals surface area (Å²) in [4.78, 5) is 25.4. The van der Waals surface area contributed by atoms with Gasteiger partial charge in [0.25, 0.3) is 0 Å². The molecule has 4 heteroatoms. The van der Waals surface area contributed by atoms with Gasteiger partial charge >= 0.3 is 11.9 Å². The first kappa shape index (κ1) is 30.2. The first-order chi connectivity index (χ1) is 19.6. The highest BCUT2D eigenvalue weighted by Gasteiger charge is 2.32. The summed E-state index contributed by atoms with van der Waals surface area (Å²) in [7, 11) is 0. The molecule has 2 aromatic rings. The van der Waals surface area contributed by atoms with E-state index in [-0.39, 0.29) is 23.8 Å². The van der Waals surface area contributed by atoms with Gasteiger partial charge in [-0.1, -0.05) is 57.1 Å². The number of hydrogen-bond donors (Lipinski definition) is 0. The highest BCUT2D eigenvalue weighted by atomic mass is 16.5. The Morgan fingerprint density at radius 2 is 1.20 bits per heavy atom. The Morgan fingerprint density at radius 1 is 0.700 bits per heavy atom. The van der Waals surface area contributed by atoms with Gasteiger partial charge in [0.05, 0.1) is 11.8 Å². The topological polar surface area (TPSA) is 52.6 Å². The summed E-state index contributed by atoms with van der Waals surface area (Å²) in [5.74, 6) is 17.9. The van der Waals surface area contributed by atoms with Crippen molar-refractivity contribution in [3.63, 3.8) is 0 Å². The third kappa shape index (κ3) is 10.8. The first-order valence-electron chi connectivity index (χ1n) is 14.2. The van der Waals surface area contributed by atoms with Crippen molar-refractivity contribution in [2.24, 2.45) is 11.8 Å². The number of unbranched alkanes of at least 4 members (excludes halogenated alkanes) is 5. The smallest absolute Gasteiger partial charge is 0.314 e. The molecule has 40 heavy (non-hydrogen) atoms. The molecule has 0 bridgehead atoms. The second kappa shape index (κ2) is 17.3. The number of hydrogen-bond acceptors (Lipinski definition) is 4. The lowest BCUT2D eigenvalue weighted by Crippen LogP contribution is -2.30. The maximum Gasteiger partial charge on any atom is 0.314 e. The van der Waals surface area contributed by atoms with Crippen molar-refractivity contribution in [1.29, 1.82) is 0 Å². The van der Waals surface area contributed by atoms with Crippen LogP contribution in [0.5, 0.6) is 11.5 Å². The van der Waals surface area contributed by atoms with Crippen LogP contribution in [-0.2, 0) is 16.0 Å². The fraction of sp³-hybridized carbons (Fsp3) is 0.389. The summed E-state index contributed by atoms with van der Waals surface area (Å²) in [6, 6.07) is 14.8. The first-order valence-corrected chi connectivity index (χ1v) is 14.2. The molecule has 0 saturated heterocycles. The Bertz CT molecular complexity index is 1330. The monoisotopic (exact) mass is 532 g/mol. The highest BCUT2D eigenvalue weighted by molar-refractivity contribution is 5.77. The molecule has 0 aliphatic heterocycles. The lowest BCUT2D eigenvalue weighted by atomic mass is 9.82. The maximum atomic E-state index is 12.7. The molecular weight excluding hydrogens is 496 g/mol. The van der Waals surface area contributed by atoms with E-state index in [0.717, 1.165) is 12.0 Å². The number of carbonyl (C=O) groups is 2. The summed E-state index contributed by atoms with van der Waals surface area (Å²) in [6.07, 6.45) is 16.1. The van der Waals surface area contributed by atoms with Gasteiger partial charge in [-0.25, -0.2) is 0 Å². The molecule has 0 aromatic heterocycles. The third-order valence-electron chi connectivity index (χ3n) is 6.96. The standard InChI is InChI=1S/C36H36O4/c1-3-5-7-9-11-13-15-29-17-25-33(26-18-29)39-35(37)31-21-23-32(24-22-31)36(38)40-34-27-19-30(20-28-34)16-14-12-10-8-6-4-2/h1,17-20,25-28,31-32H,4,6,8,10,12,14,16,21-24H2,2H3. The molecule has 0 unspecified atom stereocenters. The molecule has 1 aliphatic carbocycles. The zero-order valence-corrected chi connectivity index (χ0v) is 23.3. The van der Waals surface area contributed by atoms with Crippen molar-refractivity contribution < 1.29 is 19.1 Å². The van der Waals surface area contributed by atoms with Gasteiger partial charge in [-0.2, -0.15) is 0 Å². The second-order valence-electron chi connectivity index (χ2n) is 9.97. The molecule has 0 amide bonds. The van der Waals surface area contributed by atoms with Gasteiger partial charge in [-0.15, -0.1) is 6.42 Å². The Kier molecular flexibility index (Phi) is 13.0. The van der Waals surface area contributed by atoms with E-state index >= 15 is 0 Å². The largest absolute Gasteiger partial charge is 0.426 e. The molecule has 1 saturated carbocycles. The van der Waals surface area contributed by atoms with E-state index in [1.54, 1.807) is 24.3 Å². The van der Waals surface area contributed by atoms with E-state index in [1.807, 2.05) is 24.3 Å². The molecule has 2 aromatic carbocycles. The quantitative estimate of drug-likeness (QED) is 0.137. The fourth-order valence-corrected chi connectivity index (χ4v) is 4.64. The van der Waals surface area contributed by atoms with Gasteiger partial charge in [0.15, 0.2) is 0 Å². The molecule has 1 fully saturated rings. The van der Waals surface area contributed by atoms with Crippen LogP contribution in [0.1, 0.15) is 82.3 Å². The van der Waals surface area contributed by atoms with Crippen molar-refractivity contribution in [2.45, 2.75) is 77.6 Å². The molecule has 0 spiro atoms. The van der Waals surface area contributed by atoms with Crippen LogP contribution in [0.25, 0.3) is 0 Å². The Hall–Kier alpha value is -4.38. The number of aryl methyl sites for hydroxylation is 1. The van der Waals surface area contributed by atoms with Crippen LogP contribution in [0.2, 0.25) is 0 Å². The van der Waals surface area contributed by atoms with E-state index in [1.165, 1.54) is 44.1 Å². The summed E-state index contributed by atoms with van der Waals surface area (Å²) >= 11 is 0. The van der Waals surface area contributed by atoms with E-state index in [0.29, 0.717) is 37.2 Å². The lowest BCUT2D eigenvalue weighted by molar-refractivity contribution is -0.145. The molecule has 0 atom stereocenters. The Balaban J connectivity index is 1.38. The van der Waals surface area contributed by atoms with Gasteiger partial charge in [0, 0.05) is 5.56 Å². The number of esters is 2. The van der Waals surface area contributed by atoms with Crippen LogP contribution in [-0.4, -0.2) is 11.9 Å². The zero-order chi connectivity index (χ0) is 28.4. The average molecular weight is 533 g/mol. The minimum absolute atomic E-state index is 0.203. The van der Waals surface area contributed by atoms with Crippen LogP contribution in [0.4, 0.5) is 0 Å². The van der Waals surface area contributed by atoms with E-state index in [4.69, 9.17) is 15.9 Å². The predicted octanol–water partition coefficient (Wildman–Crippen LogP) is 6.90. The third-order valence-corrected chi connectivity index (χ3v) is 6.96. The van der Waals surface area contributed by atoms with Gasteiger partial charge in [-0.05, 0) is 116 Å². The summed E-state index contributed by atoms with van der Waals surface area (Å²) < 4.78 is 11.2. The number of ether oxygens (including phenoxy) is 2. The van der Waals surface area contributed by atoms with Crippen molar-refractivity contribution in [1.82, 2.24) is 0 Å². The molecule has 0 N–H and O–H groups in total. The zero-order valence-electron chi connectivity index (χ0n) is 23.3. The number of rotatable bonds is 11. The molecule has 1 aliphatic rings. The van der Waals surface area contributed by atoms with E-state index < -0.39 is 0 Å². The molecular formula is C36H36O4. The SMILES string of the molecule is C#CC#CC#CC#Cc1ccc(OC(=O)C2CCC(C(=O)Oc3ccc(CCCCCCCC)cc3)CC2)cc1. The van der Waals surface area contributed by atoms with Crippen molar-refractivity contribution in [3.05, 3.63) is 59.7 Å². The van der Waals surface area contributed by atoms with Crippen LogP contribution >= 0.6 is 0 Å². The van der Waals surface area contributed by atoms with Gasteiger partial charge in [-0.3, -0.25) is 9.59 Å². The second-order valence-corrected chi connectivity index (χ2v) is 9.97. The van der Waals surface area contributed by atoms with Gasteiger partial charge in [0.2, 0.25) is 0 Å². The van der Waals surface area contributed by atoms with Gasteiger partial charge in [0.1, 0.15) is 11.5 Å². The van der Waals surface area contributed by atoms with E-state index in [9.17, 15) is 9.59 Å². The molecule has 3 rings (SSSR count). The van der Waals surface area contributed by atoms with Crippen molar-refractivity contribution in [2.75, 3.05) is 0 Å². The summed E-state index contributed by atoms with van der Waals surface area (Å²) in [5.41, 5.74) is 2.01. The Morgan fingerprint density at radius 3 is 1.77 bits per heavy atom. The molecule has 0 radical (unpaired) electrons. The highest BCUT2D eigenvalue weighted by Crippen LogP contribution is 2.31. The van der Waals surface area contributed by atoms with Crippen molar-refractivity contribution >= 4 is 11.9 Å². The van der Waals surface area contributed by atoms with Crippen molar-refractivity contribution in [3.8, 4) is 59.4 Å². The number of benzene rings is 2. The Labute approximate surface area is 239 Å². The van der Waals surface area contributed by atoms with Crippen LogP contribution in [0.15, 0.2) is 48.5 Å². The number of terminal acetylenes is 1. The summed E-state index contributed by atoms with van der Waals surface area (Å²) in [6.45, 7) is 2.23. The normalized spacial score (nSPS) is 15.5. The molecule has 204 valence electrons. The maximum absolute atomic E-state index is 12.7. The minimum Gasteiger partial charge on any atom is -0.426 e. The summed E-state index contributed by atoms with van der Waals surface area (Å²) in [5, 5.41) is 0. The fourth-order valence-electron chi connectivity index (χ4n) is 4.64. The van der Waals surface area contributed by atoms with Gasteiger partial charge < -0.3 is 9.47 Å². The van der Waals surface area contributed by atoms with Crippen LogP contribution < -0.4 is 9.47 Å². The molecule has 0 heterocycles. The molecule has 4 nitrogen and oxygen atoms in total. The van der Waals surface area contributed by atoms with E-state index in [2.05, 4.69) is 48.4 Å².